The molecule has 2 unspecified atom stereocenters. The lowest BCUT2D eigenvalue weighted by molar-refractivity contribution is -0.247. The summed E-state index contributed by atoms with van der Waals surface area (Å²) in [5, 5.41) is 10.3. The quantitative estimate of drug-likeness (QED) is 0.0527. The van der Waals surface area contributed by atoms with Gasteiger partial charge in [-0.15, -0.1) is 0 Å². The molecule has 8 rings (SSSR count). The highest BCUT2D eigenvalue weighted by atomic mass is 16.6. The number of hydrogen-bond donors (Lipinski definition) is 0. The average molecular weight is 705 g/mol. The van der Waals surface area contributed by atoms with E-state index in [1.54, 1.807) is 6.07 Å². The molecule has 11 nitrogen and oxygen atoms in total. The number of benzene rings is 2. The Hall–Kier alpha value is -4.73. The number of carbonyl (C=O) groups excluding carboxylic acids is 2. The summed E-state index contributed by atoms with van der Waals surface area (Å²) in [5.74, 6) is -0.938. The van der Waals surface area contributed by atoms with E-state index in [1.165, 1.54) is 13.5 Å². The van der Waals surface area contributed by atoms with Gasteiger partial charge in [-0.2, -0.15) is 5.10 Å². The van der Waals surface area contributed by atoms with Gasteiger partial charge in [-0.1, -0.05) is 43.2 Å². The predicted molar refractivity (Wildman–Crippen MR) is 199 cm³/mol. The van der Waals surface area contributed by atoms with Crippen LogP contribution in [-0.2, 0) is 20.8 Å². The first kappa shape index (κ1) is 35.7. The predicted octanol–water partition coefficient (Wildman–Crippen LogP) is 9.26. The van der Waals surface area contributed by atoms with Crippen molar-refractivity contribution in [3.63, 3.8) is 0 Å². The lowest BCUT2D eigenvalue weighted by Crippen LogP contribution is -2.64. The van der Waals surface area contributed by atoms with Gasteiger partial charge in [-0.05, 0) is 123 Å². The fraction of sp³-hybridized carbons (Fsp3) is 0.512. The fourth-order valence-corrected chi connectivity index (χ4v) is 10.7. The second kappa shape index (κ2) is 12.7. The maximum atomic E-state index is 13.9. The van der Waals surface area contributed by atoms with Gasteiger partial charge in [-0.25, -0.2) is 14.6 Å². The van der Waals surface area contributed by atoms with E-state index in [2.05, 4.69) is 35.5 Å². The van der Waals surface area contributed by atoms with Gasteiger partial charge in [0.05, 0.1) is 36.8 Å². The molecule has 2 aromatic heterocycles. The Bertz CT molecular complexity index is 2110. The molecule has 0 aliphatic heterocycles. The Morgan fingerprint density at radius 3 is 2.40 bits per heavy atom. The van der Waals surface area contributed by atoms with Crippen LogP contribution in [0.5, 0.6) is 0 Å². The van der Waals surface area contributed by atoms with Crippen molar-refractivity contribution in [2.24, 2.45) is 21.4 Å². The first-order valence-corrected chi connectivity index (χ1v) is 18.1. The van der Waals surface area contributed by atoms with Gasteiger partial charge in [0, 0.05) is 40.4 Å². The molecule has 2 aromatic carbocycles. The van der Waals surface area contributed by atoms with E-state index in [1.807, 2.05) is 69.4 Å². The first-order chi connectivity index (χ1) is 24.6. The zero-order valence-corrected chi connectivity index (χ0v) is 31.3. The van der Waals surface area contributed by atoms with Gasteiger partial charge in [0.15, 0.2) is 5.69 Å². The van der Waals surface area contributed by atoms with E-state index in [4.69, 9.17) is 29.8 Å². The van der Waals surface area contributed by atoms with Crippen molar-refractivity contribution in [3.8, 4) is 22.4 Å². The van der Waals surface area contributed by atoms with Gasteiger partial charge in [0.1, 0.15) is 5.60 Å². The van der Waals surface area contributed by atoms with Crippen molar-refractivity contribution >= 4 is 22.7 Å². The average Bonchev–Trinajstić information content (AvgIpc) is 3.41. The number of methoxy groups -OCH3 is 1. The highest BCUT2D eigenvalue weighted by Crippen LogP contribution is 2.72. The number of azide groups is 1. The summed E-state index contributed by atoms with van der Waals surface area (Å²) in [6.45, 7) is 13.9. The summed E-state index contributed by atoms with van der Waals surface area (Å²) in [5.41, 5.74) is 12.6. The van der Waals surface area contributed by atoms with Crippen LogP contribution in [0.3, 0.4) is 0 Å². The van der Waals surface area contributed by atoms with Crippen molar-refractivity contribution in [1.29, 1.82) is 0 Å². The zero-order chi connectivity index (χ0) is 37.1. The lowest BCUT2D eigenvalue weighted by atomic mass is 9.39. The third kappa shape index (κ3) is 6.68. The summed E-state index contributed by atoms with van der Waals surface area (Å²) in [7, 11) is 1.37. The summed E-state index contributed by atoms with van der Waals surface area (Å²) < 4.78 is 19.7. The number of esters is 2. The van der Waals surface area contributed by atoms with Crippen LogP contribution in [0.15, 0.2) is 59.8 Å². The first-order valence-electron chi connectivity index (χ1n) is 18.1. The number of rotatable bonds is 10. The second-order valence-corrected chi connectivity index (χ2v) is 17.3. The SMILES string of the molecule is COC(=O)c1cccc2ccc(-c3ccc(-c4cnn(CC56CC7(C)CC(C)(C5)CC(OCCN=[N+]=[N-])(C7)C6)c4C)c(C(=O)OC(C)(C)C)n3)cc12. The summed E-state index contributed by atoms with van der Waals surface area (Å²) in [6, 6.07) is 15.1. The molecule has 0 spiro atoms. The topological polar surface area (TPSA) is 141 Å². The largest absolute Gasteiger partial charge is 0.465 e. The van der Waals surface area contributed by atoms with Crippen LogP contribution in [0.2, 0.25) is 0 Å². The van der Waals surface area contributed by atoms with E-state index >= 15 is 0 Å². The molecule has 4 aliphatic carbocycles. The van der Waals surface area contributed by atoms with E-state index in [-0.39, 0.29) is 27.5 Å². The van der Waals surface area contributed by atoms with Crippen LogP contribution in [0.1, 0.15) is 99.7 Å². The van der Waals surface area contributed by atoms with Crippen molar-refractivity contribution in [1.82, 2.24) is 14.8 Å². The van der Waals surface area contributed by atoms with E-state index in [0.29, 0.717) is 30.0 Å². The molecule has 4 bridgehead atoms. The molecule has 0 amide bonds. The minimum atomic E-state index is -0.729. The van der Waals surface area contributed by atoms with E-state index in [9.17, 15) is 9.59 Å². The highest BCUT2D eigenvalue weighted by molar-refractivity contribution is 6.05. The molecule has 4 aromatic rings. The number of pyridine rings is 1. The molecule has 52 heavy (non-hydrogen) atoms. The molecule has 4 aliphatic rings. The maximum absolute atomic E-state index is 13.9. The van der Waals surface area contributed by atoms with E-state index < -0.39 is 17.5 Å². The Kier molecular flexibility index (Phi) is 8.74. The summed E-state index contributed by atoms with van der Waals surface area (Å²) >= 11 is 0. The lowest BCUT2D eigenvalue weighted by Gasteiger charge is -2.69. The molecule has 0 saturated heterocycles. The third-order valence-electron chi connectivity index (χ3n) is 11.3. The smallest absolute Gasteiger partial charge is 0.358 e. The van der Waals surface area contributed by atoms with Gasteiger partial charge in [-0.3, -0.25) is 4.68 Å². The number of aromatic nitrogens is 3. The second-order valence-electron chi connectivity index (χ2n) is 17.3. The molecule has 272 valence electrons. The van der Waals surface area contributed by atoms with Crippen molar-refractivity contribution in [3.05, 3.63) is 82.1 Å². The number of nitrogens with zero attached hydrogens (tertiary/aromatic N) is 6. The fourth-order valence-electron chi connectivity index (χ4n) is 10.7. The van der Waals surface area contributed by atoms with Gasteiger partial charge in [0.25, 0.3) is 0 Å². The van der Waals surface area contributed by atoms with Gasteiger partial charge in [0.2, 0.25) is 0 Å². The minimum absolute atomic E-state index is 0.0000342. The normalized spacial score (nSPS) is 26.3. The Morgan fingerprint density at radius 2 is 1.71 bits per heavy atom. The molecule has 2 heterocycles. The Morgan fingerprint density at radius 1 is 0.962 bits per heavy atom. The Labute approximate surface area is 304 Å². The van der Waals surface area contributed by atoms with Crippen molar-refractivity contribution in [2.45, 2.75) is 97.8 Å². The number of hydrogen-bond acceptors (Lipinski definition) is 8. The molecular weight excluding hydrogens is 656 g/mol. The monoisotopic (exact) mass is 704 g/mol. The summed E-state index contributed by atoms with van der Waals surface area (Å²) in [6.07, 6.45) is 8.23. The van der Waals surface area contributed by atoms with Crippen molar-refractivity contribution in [2.75, 3.05) is 20.3 Å². The van der Waals surface area contributed by atoms with Gasteiger partial charge >= 0.3 is 11.9 Å². The van der Waals surface area contributed by atoms with Crippen LogP contribution in [-0.4, -0.2) is 58.2 Å². The molecule has 4 fully saturated rings. The Balaban J connectivity index is 1.25. The standard InChI is InChI=1S/C41H48N6O5/c1-26-32(18-44-47(26)25-40-20-38(5)19-39(6,21-40)23-41(22-38,24-40)51-16-15-43-46-42)29-13-14-33(45-34(29)36(49)52-37(2,3)4)28-12-11-27-9-8-10-30(31(27)17-28)35(48)50-7/h8-14,17-18H,15-16,19-25H2,1-7H3. The van der Waals surface area contributed by atoms with Crippen LogP contribution < -0.4 is 0 Å². The summed E-state index contributed by atoms with van der Waals surface area (Å²) in [4.78, 5) is 34.3. The van der Waals surface area contributed by atoms with Crippen molar-refractivity contribution < 1.29 is 23.8 Å². The minimum Gasteiger partial charge on any atom is -0.465 e. The number of fused-ring (bicyclic) bond motifs is 1. The third-order valence-corrected chi connectivity index (χ3v) is 11.3. The van der Waals surface area contributed by atoms with Crippen LogP contribution in [0, 0.1) is 23.2 Å². The van der Waals surface area contributed by atoms with E-state index in [0.717, 1.165) is 66.2 Å². The number of ether oxygens (including phenoxy) is 3. The van der Waals surface area contributed by atoms with Crippen LogP contribution >= 0.6 is 0 Å². The maximum Gasteiger partial charge on any atom is 0.358 e. The highest BCUT2D eigenvalue weighted by Gasteiger charge is 2.66. The molecular formula is C41H48N6O5. The van der Waals surface area contributed by atoms with Crippen LogP contribution in [0.25, 0.3) is 43.6 Å². The van der Waals surface area contributed by atoms with Gasteiger partial charge < -0.3 is 14.2 Å². The molecule has 11 heteroatoms. The molecule has 0 N–H and O–H groups in total. The molecule has 0 radical (unpaired) electrons. The molecule has 4 saturated carbocycles. The number of carbonyl (C=O) groups is 2. The molecule has 2 atom stereocenters. The van der Waals surface area contributed by atoms with Crippen LogP contribution in [0.4, 0.5) is 0 Å². The zero-order valence-electron chi connectivity index (χ0n) is 31.3.